The van der Waals surface area contributed by atoms with Crippen molar-refractivity contribution in [2.24, 2.45) is 0 Å². The van der Waals surface area contributed by atoms with E-state index in [2.05, 4.69) is 0 Å². The Labute approximate surface area is 106 Å². The number of halogens is 1. The van der Waals surface area contributed by atoms with E-state index in [-0.39, 0.29) is 24.5 Å². The van der Waals surface area contributed by atoms with Gasteiger partial charge in [0.25, 0.3) is 0 Å². The van der Waals surface area contributed by atoms with Crippen LogP contribution in [-0.4, -0.2) is 26.5 Å². The third-order valence-electron chi connectivity index (χ3n) is 2.00. The maximum absolute atomic E-state index is 11.4. The van der Waals surface area contributed by atoms with Gasteiger partial charge < -0.3 is 4.74 Å². The molecular formula is C11H12ClNO3S. The fraction of sp³-hybridized carbons (Fsp3) is 0.364. The van der Waals surface area contributed by atoms with Crippen molar-refractivity contribution in [1.29, 1.82) is 5.26 Å². The summed E-state index contributed by atoms with van der Waals surface area (Å²) in [5.74, 6) is 0.370. The molecule has 0 fully saturated rings. The number of hydrogen-bond acceptors (Lipinski definition) is 4. The predicted molar refractivity (Wildman–Crippen MR) is 65.8 cm³/mol. The Bertz CT molecular complexity index is 490. The highest BCUT2D eigenvalue weighted by Crippen LogP contribution is 2.15. The van der Waals surface area contributed by atoms with Gasteiger partial charge in [0.05, 0.1) is 17.6 Å². The second kappa shape index (κ2) is 6.48. The molecule has 0 atom stereocenters. The number of benzene rings is 1. The summed E-state index contributed by atoms with van der Waals surface area (Å²) in [5.41, 5.74) is 0. The van der Waals surface area contributed by atoms with Crippen molar-refractivity contribution < 1.29 is 13.2 Å². The van der Waals surface area contributed by atoms with Gasteiger partial charge in [0.15, 0.2) is 9.84 Å². The second-order valence-electron chi connectivity index (χ2n) is 3.36. The number of sulfone groups is 1. The Balaban J connectivity index is 2.38. The summed E-state index contributed by atoms with van der Waals surface area (Å²) in [6, 6.07) is 8.48. The molecule has 1 rings (SSSR count). The largest absolute Gasteiger partial charge is 0.493 e. The average molecular weight is 274 g/mol. The van der Waals surface area contributed by atoms with Gasteiger partial charge in [-0.25, -0.2) is 8.42 Å². The molecule has 0 aliphatic rings. The molecule has 6 heteroatoms. The smallest absolute Gasteiger partial charge is 0.154 e. The summed E-state index contributed by atoms with van der Waals surface area (Å²) in [6.07, 6.45) is 0.0171. The van der Waals surface area contributed by atoms with E-state index in [0.717, 1.165) is 0 Å². The third-order valence-corrected chi connectivity index (χ3v) is 3.87. The number of nitrogens with zero attached hydrogens (tertiary/aromatic N) is 1. The van der Waals surface area contributed by atoms with Crippen LogP contribution in [0.1, 0.15) is 6.42 Å². The van der Waals surface area contributed by atoms with Gasteiger partial charge in [-0.05, 0) is 24.3 Å². The molecule has 0 saturated carbocycles. The molecule has 17 heavy (non-hydrogen) atoms. The highest BCUT2D eigenvalue weighted by molar-refractivity contribution is 7.91. The van der Waals surface area contributed by atoms with Gasteiger partial charge in [-0.15, -0.1) is 0 Å². The lowest BCUT2D eigenvalue weighted by Crippen LogP contribution is -2.16. The van der Waals surface area contributed by atoms with E-state index in [9.17, 15) is 8.42 Å². The summed E-state index contributed by atoms with van der Waals surface area (Å²) in [6.45, 7) is 0.0788. The molecular weight excluding hydrogens is 262 g/mol. The normalized spacial score (nSPS) is 10.8. The van der Waals surface area contributed by atoms with Crippen LogP contribution in [0.4, 0.5) is 0 Å². The van der Waals surface area contributed by atoms with Gasteiger partial charge in [0.2, 0.25) is 0 Å². The van der Waals surface area contributed by atoms with Crippen LogP contribution in [0, 0.1) is 11.3 Å². The van der Waals surface area contributed by atoms with Crippen LogP contribution in [0.25, 0.3) is 0 Å². The minimum atomic E-state index is -3.20. The molecule has 0 heterocycles. The summed E-state index contributed by atoms with van der Waals surface area (Å²) in [5, 5.41) is 8.90. The molecule has 1 aromatic carbocycles. The Morgan fingerprint density at radius 1 is 1.24 bits per heavy atom. The summed E-state index contributed by atoms with van der Waals surface area (Å²) < 4.78 is 28.0. The Kier molecular flexibility index (Phi) is 5.26. The van der Waals surface area contributed by atoms with Crippen LogP contribution in [-0.2, 0) is 9.84 Å². The molecule has 0 aliphatic carbocycles. The molecule has 4 nitrogen and oxygen atoms in total. The summed E-state index contributed by atoms with van der Waals surface area (Å²) in [4.78, 5) is 0. The topological polar surface area (TPSA) is 67.2 Å². The number of ether oxygens (including phenoxy) is 1. The third kappa shape index (κ3) is 5.57. The first-order chi connectivity index (χ1) is 8.03. The minimum absolute atomic E-state index is 0.0171. The fourth-order valence-electron chi connectivity index (χ4n) is 1.12. The Morgan fingerprint density at radius 3 is 2.47 bits per heavy atom. The van der Waals surface area contributed by atoms with E-state index >= 15 is 0 Å². The SMILES string of the molecule is N#CCCS(=O)(=O)CCOc1ccc(Cl)cc1. The van der Waals surface area contributed by atoms with Crippen molar-refractivity contribution in [1.82, 2.24) is 0 Å². The van der Waals surface area contributed by atoms with E-state index in [1.807, 2.05) is 0 Å². The molecule has 0 unspecified atom stereocenters. The molecule has 0 radical (unpaired) electrons. The first-order valence-corrected chi connectivity index (χ1v) is 7.19. The van der Waals surface area contributed by atoms with Gasteiger partial charge in [-0.1, -0.05) is 11.6 Å². The molecule has 0 bridgehead atoms. The van der Waals surface area contributed by atoms with Crippen LogP contribution < -0.4 is 4.74 Å². The van der Waals surface area contributed by atoms with Crippen molar-refractivity contribution in [2.45, 2.75) is 6.42 Å². The highest BCUT2D eigenvalue weighted by atomic mass is 35.5. The fourth-order valence-corrected chi connectivity index (χ4v) is 2.19. The van der Waals surface area contributed by atoms with E-state index in [1.54, 1.807) is 30.3 Å². The van der Waals surface area contributed by atoms with Gasteiger partial charge >= 0.3 is 0 Å². The molecule has 0 amide bonds. The molecule has 1 aromatic rings. The molecule has 0 saturated heterocycles. The van der Waals surface area contributed by atoms with Crippen molar-refractivity contribution in [3.63, 3.8) is 0 Å². The van der Waals surface area contributed by atoms with Gasteiger partial charge in [-0.3, -0.25) is 0 Å². The lowest BCUT2D eigenvalue weighted by atomic mass is 10.3. The van der Waals surface area contributed by atoms with Gasteiger partial charge in [0, 0.05) is 11.4 Å². The summed E-state index contributed by atoms with van der Waals surface area (Å²) in [7, 11) is -3.20. The van der Waals surface area contributed by atoms with Crippen LogP contribution in [0.5, 0.6) is 5.75 Å². The zero-order chi connectivity index (χ0) is 12.7. The van der Waals surface area contributed by atoms with E-state index in [4.69, 9.17) is 21.6 Å². The average Bonchev–Trinajstić information content (AvgIpc) is 2.29. The van der Waals surface area contributed by atoms with E-state index < -0.39 is 9.84 Å². The van der Waals surface area contributed by atoms with Crippen LogP contribution in [0.3, 0.4) is 0 Å². The van der Waals surface area contributed by atoms with Gasteiger partial charge in [0.1, 0.15) is 12.4 Å². The monoisotopic (exact) mass is 273 g/mol. The quantitative estimate of drug-likeness (QED) is 0.795. The van der Waals surface area contributed by atoms with Gasteiger partial charge in [-0.2, -0.15) is 5.26 Å². The van der Waals surface area contributed by atoms with Crippen molar-refractivity contribution in [2.75, 3.05) is 18.1 Å². The number of nitriles is 1. The lowest BCUT2D eigenvalue weighted by molar-refractivity contribution is 0.341. The zero-order valence-corrected chi connectivity index (χ0v) is 10.7. The molecule has 0 aliphatic heterocycles. The second-order valence-corrected chi connectivity index (χ2v) is 6.10. The zero-order valence-electron chi connectivity index (χ0n) is 9.10. The minimum Gasteiger partial charge on any atom is -0.493 e. The maximum Gasteiger partial charge on any atom is 0.154 e. The number of hydrogen-bond donors (Lipinski definition) is 0. The standard InChI is InChI=1S/C11H12ClNO3S/c12-10-2-4-11(5-3-10)16-7-9-17(14,15)8-1-6-13/h2-5H,1,7-9H2. The van der Waals surface area contributed by atoms with Crippen molar-refractivity contribution in [3.05, 3.63) is 29.3 Å². The highest BCUT2D eigenvalue weighted by Gasteiger charge is 2.10. The molecule has 0 aromatic heterocycles. The van der Waals surface area contributed by atoms with E-state index in [0.29, 0.717) is 10.8 Å². The number of rotatable bonds is 6. The van der Waals surface area contributed by atoms with Crippen LogP contribution in [0.15, 0.2) is 24.3 Å². The maximum atomic E-state index is 11.4. The molecule has 92 valence electrons. The molecule has 0 N–H and O–H groups in total. The first-order valence-electron chi connectivity index (χ1n) is 4.99. The Hall–Kier alpha value is -1.25. The van der Waals surface area contributed by atoms with Crippen LogP contribution in [0.2, 0.25) is 5.02 Å². The van der Waals surface area contributed by atoms with E-state index in [1.165, 1.54) is 0 Å². The van der Waals surface area contributed by atoms with Crippen molar-refractivity contribution in [3.8, 4) is 11.8 Å². The van der Waals surface area contributed by atoms with Crippen LogP contribution >= 0.6 is 11.6 Å². The Morgan fingerprint density at radius 2 is 1.88 bits per heavy atom. The van der Waals surface area contributed by atoms with Crippen molar-refractivity contribution >= 4 is 21.4 Å². The lowest BCUT2D eigenvalue weighted by Gasteiger charge is -2.06. The first kappa shape index (κ1) is 13.8. The summed E-state index contributed by atoms with van der Waals surface area (Å²) >= 11 is 5.69. The predicted octanol–water partition coefficient (Wildman–Crippen LogP) is 2.05. The molecule has 0 spiro atoms.